The Balaban J connectivity index is 1.24. The van der Waals surface area contributed by atoms with Gasteiger partial charge in [0, 0.05) is 35.4 Å². The lowest BCUT2D eigenvalue weighted by atomic mass is 9.47. The minimum Gasteiger partial charge on any atom is -0.870 e. The van der Waals surface area contributed by atoms with Gasteiger partial charge in [0.25, 0.3) is 5.91 Å². The van der Waals surface area contributed by atoms with E-state index < -0.39 is 17.1 Å². The summed E-state index contributed by atoms with van der Waals surface area (Å²) in [6.07, 6.45) is 4.76. The van der Waals surface area contributed by atoms with Gasteiger partial charge in [-0.25, -0.2) is 0 Å². The summed E-state index contributed by atoms with van der Waals surface area (Å²) in [4.78, 5) is 13.3. The van der Waals surface area contributed by atoms with E-state index in [1.807, 2.05) is 36.4 Å². The normalized spacial score (nSPS) is 35.0. The minimum atomic E-state index is -1.01. The number of aliphatic hydroxyl groups is 1. The van der Waals surface area contributed by atoms with Gasteiger partial charge in [-0.15, -0.1) is 0 Å². The lowest BCUT2D eigenvalue weighted by molar-refractivity contribution is -0.979. The molecule has 206 valence electrons. The van der Waals surface area contributed by atoms with Gasteiger partial charge in [0.2, 0.25) is 0 Å². The second kappa shape index (κ2) is 8.58. The van der Waals surface area contributed by atoms with Crippen molar-refractivity contribution in [3.63, 3.8) is 0 Å². The number of quaternary nitrogens is 1. The molecule has 3 aliphatic carbocycles. The van der Waals surface area contributed by atoms with Crippen molar-refractivity contribution in [2.45, 2.75) is 74.3 Å². The summed E-state index contributed by atoms with van der Waals surface area (Å²) in [6, 6.07) is 23.3. The van der Waals surface area contributed by atoms with Crippen LogP contribution in [0, 0.1) is 5.92 Å². The zero-order chi connectivity index (χ0) is 27.1. The van der Waals surface area contributed by atoms with Crippen LogP contribution in [-0.2, 0) is 18.4 Å². The SMILES string of the molecule is O=C(N[C@@H]1CC[C@@]2(O)[C@H]3Cc4ccc([O-])c5c4[C@@]2(CC[N+]3(Cc2ccccc2)CC2CC2)[C@H]1O5)c1ccccc1. The van der Waals surface area contributed by atoms with Gasteiger partial charge in [-0.2, -0.15) is 0 Å². The van der Waals surface area contributed by atoms with Gasteiger partial charge in [0.1, 0.15) is 30.0 Å². The highest BCUT2D eigenvalue weighted by Crippen LogP contribution is 2.66. The van der Waals surface area contributed by atoms with Gasteiger partial charge in [-0.05, 0) is 43.4 Å². The standard InChI is InChI=1S/C34H36N2O4/c37-27-14-13-25-19-28-34(39)16-15-26(35-32(38)24-9-5-2-6-10-24)31-33(34,29(25)30(27)40-31)17-18-36(28,21-23-11-12-23)20-22-7-3-1-4-8-22/h1-10,13-14,23,26,28,31,39H,11-12,15-21H2,(H-,35,37,38)/t26-,28-,31+,33+,34-,36?/m1/s1. The number of hydrogen-bond donors (Lipinski definition) is 2. The first kappa shape index (κ1) is 24.4. The summed E-state index contributed by atoms with van der Waals surface area (Å²) in [6.45, 7) is 2.92. The van der Waals surface area contributed by atoms with Crippen LogP contribution in [0.15, 0.2) is 72.8 Å². The molecule has 3 aromatic carbocycles. The first-order valence-electron chi connectivity index (χ1n) is 14.9. The Morgan fingerprint density at radius 3 is 2.50 bits per heavy atom. The maximum absolute atomic E-state index is 13.3. The molecule has 2 N–H and O–H groups in total. The molecular formula is C34H36N2O4. The largest absolute Gasteiger partial charge is 0.870 e. The molecule has 2 heterocycles. The van der Waals surface area contributed by atoms with Crippen LogP contribution >= 0.6 is 0 Å². The van der Waals surface area contributed by atoms with E-state index in [1.165, 1.54) is 18.4 Å². The Hall–Kier alpha value is -3.35. The average molecular weight is 537 g/mol. The van der Waals surface area contributed by atoms with Crippen molar-refractivity contribution >= 4 is 5.91 Å². The summed E-state index contributed by atoms with van der Waals surface area (Å²) in [5.41, 5.74) is 2.29. The molecule has 5 aliphatic rings. The fourth-order valence-electron chi connectivity index (χ4n) is 9.14. The van der Waals surface area contributed by atoms with Crippen LogP contribution in [0.5, 0.6) is 11.5 Å². The number of piperidine rings is 1. The van der Waals surface area contributed by atoms with Gasteiger partial charge >= 0.3 is 0 Å². The highest BCUT2D eigenvalue weighted by atomic mass is 16.5. The molecule has 2 aliphatic heterocycles. The lowest BCUT2D eigenvalue weighted by Crippen LogP contribution is -2.82. The van der Waals surface area contributed by atoms with Gasteiger partial charge in [0.05, 0.1) is 24.5 Å². The van der Waals surface area contributed by atoms with E-state index in [2.05, 4.69) is 35.6 Å². The zero-order valence-corrected chi connectivity index (χ0v) is 22.7. The number of carbonyl (C=O) groups excluding carboxylic acids is 1. The van der Waals surface area contributed by atoms with Gasteiger partial charge in [-0.1, -0.05) is 66.4 Å². The van der Waals surface area contributed by atoms with Crippen molar-refractivity contribution in [2.75, 3.05) is 13.1 Å². The summed E-state index contributed by atoms with van der Waals surface area (Å²) in [7, 11) is 0. The fraction of sp³-hybridized carbons (Fsp3) is 0.441. The second-order valence-electron chi connectivity index (χ2n) is 13.0. The van der Waals surface area contributed by atoms with E-state index in [4.69, 9.17) is 4.74 Å². The number of rotatable bonds is 6. The van der Waals surface area contributed by atoms with Crippen LogP contribution in [0.4, 0.5) is 0 Å². The van der Waals surface area contributed by atoms with Crippen molar-refractivity contribution < 1.29 is 24.2 Å². The quantitative estimate of drug-likeness (QED) is 0.469. The van der Waals surface area contributed by atoms with Gasteiger partial charge in [0.15, 0.2) is 0 Å². The summed E-state index contributed by atoms with van der Waals surface area (Å²) in [5, 5.41) is 29.5. The second-order valence-corrected chi connectivity index (χ2v) is 13.0. The molecule has 1 saturated heterocycles. The number of hydrogen-bond acceptors (Lipinski definition) is 4. The van der Waals surface area contributed by atoms with Gasteiger partial charge in [-0.3, -0.25) is 4.79 Å². The molecule has 6 heteroatoms. The maximum Gasteiger partial charge on any atom is 0.251 e. The molecular weight excluding hydrogens is 500 g/mol. The molecule has 1 unspecified atom stereocenters. The highest BCUT2D eigenvalue weighted by Gasteiger charge is 2.76. The molecule has 1 amide bonds. The monoisotopic (exact) mass is 536 g/mol. The van der Waals surface area contributed by atoms with E-state index in [0.717, 1.165) is 48.1 Å². The van der Waals surface area contributed by atoms with E-state index >= 15 is 0 Å². The predicted molar refractivity (Wildman–Crippen MR) is 149 cm³/mol. The third-order valence-corrected chi connectivity index (χ3v) is 10.9. The molecule has 6 nitrogen and oxygen atoms in total. The van der Waals surface area contributed by atoms with E-state index in [9.17, 15) is 15.0 Å². The number of benzene rings is 3. The fourth-order valence-corrected chi connectivity index (χ4v) is 9.14. The summed E-state index contributed by atoms with van der Waals surface area (Å²) in [5.74, 6) is 0.857. The molecule has 0 radical (unpaired) electrons. The third kappa shape index (κ3) is 3.32. The molecule has 0 aromatic heterocycles. The van der Waals surface area contributed by atoms with Crippen LogP contribution in [0.3, 0.4) is 0 Å². The average Bonchev–Trinajstić information content (AvgIpc) is 3.70. The number of nitrogens with zero attached hydrogens (tertiary/aromatic N) is 1. The van der Waals surface area contributed by atoms with E-state index in [1.54, 1.807) is 6.07 Å². The van der Waals surface area contributed by atoms with Crippen LogP contribution in [0.1, 0.15) is 59.2 Å². The van der Waals surface area contributed by atoms with Crippen LogP contribution in [0.25, 0.3) is 0 Å². The molecule has 3 fully saturated rings. The smallest absolute Gasteiger partial charge is 0.251 e. The number of nitrogens with one attached hydrogen (secondary N) is 1. The van der Waals surface area contributed by atoms with Crippen molar-refractivity contribution in [3.05, 3.63) is 95.1 Å². The van der Waals surface area contributed by atoms with Crippen molar-refractivity contribution in [1.82, 2.24) is 5.32 Å². The number of amides is 1. The lowest BCUT2D eigenvalue weighted by Gasteiger charge is -2.66. The predicted octanol–water partition coefficient (Wildman–Crippen LogP) is 3.84. The van der Waals surface area contributed by atoms with Crippen LogP contribution in [0.2, 0.25) is 0 Å². The van der Waals surface area contributed by atoms with Crippen molar-refractivity contribution in [2.24, 2.45) is 5.92 Å². The highest BCUT2D eigenvalue weighted by molar-refractivity contribution is 5.94. The first-order valence-corrected chi connectivity index (χ1v) is 14.9. The topological polar surface area (TPSA) is 81.6 Å². The van der Waals surface area contributed by atoms with Crippen molar-refractivity contribution in [3.8, 4) is 11.5 Å². The summed E-state index contributed by atoms with van der Waals surface area (Å²) >= 11 is 0. The molecule has 6 atom stereocenters. The number of likely N-dealkylation sites (tertiary alicyclic amines) is 1. The third-order valence-electron chi connectivity index (χ3n) is 10.9. The van der Waals surface area contributed by atoms with Gasteiger partial charge < -0.3 is 24.7 Å². The molecule has 1 spiro atoms. The Morgan fingerprint density at radius 2 is 1.75 bits per heavy atom. The maximum atomic E-state index is 13.3. The van der Waals surface area contributed by atoms with Crippen molar-refractivity contribution in [1.29, 1.82) is 0 Å². The first-order chi connectivity index (χ1) is 19.4. The minimum absolute atomic E-state index is 0.00915. The Morgan fingerprint density at radius 1 is 1.00 bits per heavy atom. The Kier molecular flexibility index (Phi) is 5.24. The van der Waals surface area contributed by atoms with Crippen LogP contribution in [-0.4, -0.2) is 52.4 Å². The number of ether oxygens (including phenoxy) is 1. The van der Waals surface area contributed by atoms with Crippen LogP contribution < -0.4 is 15.2 Å². The molecule has 3 aromatic rings. The molecule has 2 saturated carbocycles. The Labute approximate surface area is 235 Å². The van der Waals surface area contributed by atoms with E-state index in [0.29, 0.717) is 30.1 Å². The van der Waals surface area contributed by atoms with E-state index in [-0.39, 0.29) is 23.7 Å². The number of carbonyl (C=O) groups is 1. The molecule has 40 heavy (non-hydrogen) atoms. The molecule has 8 rings (SSSR count). The Bertz CT molecular complexity index is 1470. The molecule has 2 bridgehead atoms. The zero-order valence-electron chi connectivity index (χ0n) is 22.7. The summed E-state index contributed by atoms with van der Waals surface area (Å²) < 4.78 is 7.49.